The molecule has 0 spiro atoms. The summed E-state index contributed by atoms with van der Waals surface area (Å²) in [4.78, 5) is 5.70. The number of oxime groups is 1. The van der Waals surface area contributed by atoms with Gasteiger partial charge in [-0.2, -0.15) is 0 Å². The molecule has 1 aliphatic rings. The van der Waals surface area contributed by atoms with Crippen LogP contribution in [0.2, 0.25) is 10.0 Å². The molecule has 0 radical (unpaired) electrons. The molecule has 0 saturated carbocycles. The number of ether oxygens (including phenoxy) is 2. The molecule has 3 aromatic rings. The summed E-state index contributed by atoms with van der Waals surface area (Å²) < 4.78 is 11.7. The van der Waals surface area contributed by atoms with Crippen LogP contribution in [0.25, 0.3) is 0 Å². The van der Waals surface area contributed by atoms with Crippen molar-refractivity contribution in [2.75, 3.05) is 7.11 Å². The Hall–Kier alpha value is -2.69. The fourth-order valence-electron chi connectivity index (χ4n) is 3.45. The van der Waals surface area contributed by atoms with E-state index in [4.69, 9.17) is 37.5 Å². The summed E-state index contributed by atoms with van der Waals surface area (Å²) in [7, 11) is 1.62. The molecule has 0 unspecified atom stereocenters. The second kappa shape index (κ2) is 9.41. The van der Waals surface area contributed by atoms with Crippen molar-refractivity contribution in [1.82, 2.24) is 0 Å². The summed E-state index contributed by atoms with van der Waals surface area (Å²) in [5, 5.41) is 5.42. The van der Waals surface area contributed by atoms with Crippen molar-refractivity contribution in [3.8, 4) is 11.5 Å². The predicted molar refractivity (Wildman–Crippen MR) is 120 cm³/mol. The first-order valence-corrected chi connectivity index (χ1v) is 10.4. The molecule has 1 aliphatic heterocycles. The highest BCUT2D eigenvalue weighted by Crippen LogP contribution is 2.35. The molecule has 3 aromatic carbocycles. The molecule has 4 rings (SSSR count). The summed E-state index contributed by atoms with van der Waals surface area (Å²) in [6, 6.07) is 21.3. The minimum Gasteiger partial charge on any atom is -0.493 e. The summed E-state index contributed by atoms with van der Waals surface area (Å²) >= 11 is 12.6. The maximum atomic E-state index is 6.29. The van der Waals surface area contributed by atoms with Crippen molar-refractivity contribution in [1.29, 1.82) is 0 Å². The van der Waals surface area contributed by atoms with Gasteiger partial charge in [-0.15, -0.1) is 0 Å². The monoisotopic (exact) mass is 441 g/mol. The van der Waals surface area contributed by atoms with Crippen LogP contribution in [0.15, 0.2) is 71.9 Å². The van der Waals surface area contributed by atoms with Crippen LogP contribution in [0.4, 0.5) is 0 Å². The summed E-state index contributed by atoms with van der Waals surface area (Å²) in [5.74, 6) is 1.31. The molecule has 4 nitrogen and oxygen atoms in total. The van der Waals surface area contributed by atoms with Crippen LogP contribution in [-0.2, 0) is 17.9 Å². The Balaban J connectivity index is 1.50. The van der Waals surface area contributed by atoms with Crippen LogP contribution in [0, 0.1) is 0 Å². The van der Waals surface area contributed by atoms with E-state index in [1.165, 1.54) is 0 Å². The number of para-hydroxylation sites is 1. The Morgan fingerprint density at radius 1 is 0.967 bits per heavy atom. The molecule has 0 N–H and O–H groups in total. The Labute approximate surface area is 186 Å². The average Bonchev–Trinajstić information content (AvgIpc) is 3.23. The minimum atomic E-state index is -0.0708. The summed E-state index contributed by atoms with van der Waals surface area (Å²) in [5.41, 5.74) is 3.75. The molecule has 0 bridgehead atoms. The number of halogens is 2. The molecule has 0 fully saturated rings. The number of benzene rings is 3. The maximum absolute atomic E-state index is 6.29. The molecular formula is C24H21Cl2NO3. The maximum Gasteiger partial charge on any atom is 0.164 e. The van der Waals surface area contributed by atoms with E-state index >= 15 is 0 Å². The minimum absolute atomic E-state index is 0.0708. The van der Waals surface area contributed by atoms with Gasteiger partial charge in [0.15, 0.2) is 11.5 Å². The SMILES string of the molecule is COc1cccc(C[C@@H]2CC(c3ccccc3)=NO2)c1OCc1c(Cl)cccc1Cl. The molecule has 6 heteroatoms. The van der Waals surface area contributed by atoms with Crippen LogP contribution in [0.1, 0.15) is 23.1 Å². The van der Waals surface area contributed by atoms with E-state index in [1.807, 2.05) is 54.6 Å². The quantitative estimate of drug-likeness (QED) is 0.430. The van der Waals surface area contributed by atoms with Crippen molar-refractivity contribution in [3.63, 3.8) is 0 Å². The first kappa shape index (κ1) is 20.6. The highest BCUT2D eigenvalue weighted by Gasteiger charge is 2.25. The lowest BCUT2D eigenvalue weighted by atomic mass is 9.99. The van der Waals surface area contributed by atoms with Crippen LogP contribution >= 0.6 is 23.2 Å². The number of hydrogen-bond donors (Lipinski definition) is 0. The smallest absolute Gasteiger partial charge is 0.164 e. The molecule has 0 aromatic heterocycles. The van der Waals surface area contributed by atoms with Crippen LogP contribution in [-0.4, -0.2) is 18.9 Å². The van der Waals surface area contributed by atoms with Gasteiger partial charge < -0.3 is 14.3 Å². The molecule has 1 heterocycles. The molecule has 0 amide bonds. The van der Waals surface area contributed by atoms with Gasteiger partial charge in [0.25, 0.3) is 0 Å². The van der Waals surface area contributed by atoms with Crippen molar-refractivity contribution >= 4 is 28.9 Å². The second-order valence-electron chi connectivity index (χ2n) is 6.98. The van der Waals surface area contributed by atoms with E-state index in [1.54, 1.807) is 19.2 Å². The van der Waals surface area contributed by atoms with Crippen LogP contribution in [0.3, 0.4) is 0 Å². The number of hydrogen-bond acceptors (Lipinski definition) is 4. The fourth-order valence-corrected chi connectivity index (χ4v) is 3.95. The molecule has 30 heavy (non-hydrogen) atoms. The van der Waals surface area contributed by atoms with E-state index in [0.717, 1.165) is 28.8 Å². The van der Waals surface area contributed by atoms with Gasteiger partial charge in [-0.25, -0.2) is 0 Å². The first-order valence-electron chi connectivity index (χ1n) is 9.65. The van der Waals surface area contributed by atoms with E-state index in [0.29, 0.717) is 28.0 Å². The van der Waals surface area contributed by atoms with E-state index < -0.39 is 0 Å². The lowest BCUT2D eigenvalue weighted by Crippen LogP contribution is -2.13. The molecule has 1 atom stereocenters. The van der Waals surface area contributed by atoms with Gasteiger partial charge >= 0.3 is 0 Å². The van der Waals surface area contributed by atoms with Gasteiger partial charge in [-0.1, -0.05) is 76.9 Å². The van der Waals surface area contributed by atoms with Gasteiger partial charge in [0.2, 0.25) is 0 Å². The third-order valence-corrected chi connectivity index (χ3v) is 5.70. The molecule has 154 valence electrons. The van der Waals surface area contributed by atoms with Crippen molar-refractivity contribution < 1.29 is 14.3 Å². The van der Waals surface area contributed by atoms with Gasteiger partial charge in [0.05, 0.1) is 12.8 Å². The lowest BCUT2D eigenvalue weighted by Gasteiger charge is -2.17. The third-order valence-electron chi connectivity index (χ3n) is 4.99. The molecule has 0 aliphatic carbocycles. The fraction of sp³-hybridized carbons (Fsp3) is 0.208. The first-order chi connectivity index (χ1) is 14.7. The zero-order valence-electron chi connectivity index (χ0n) is 16.5. The van der Waals surface area contributed by atoms with Crippen LogP contribution < -0.4 is 9.47 Å². The molecule has 0 saturated heterocycles. The van der Waals surface area contributed by atoms with Crippen LogP contribution in [0.5, 0.6) is 11.5 Å². The summed E-state index contributed by atoms with van der Waals surface area (Å²) in [6.45, 7) is 0.239. The zero-order chi connectivity index (χ0) is 20.9. The van der Waals surface area contributed by atoms with E-state index in [9.17, 15) is 0 Å². The topological polar surface area (TPSA) is 40.0 Å². The normalized spacial score (nSPS) is 15.4. The standard InChI is InChI=1S/C24H21Cl2NO3/c1-28-23-12-5-9-17(24(23)29-15-19-20(25)10-6-11-21(19)26)13-18-14-22(27-30-18)16-7-3-2-4-8-16/h2-12,18H,13-15H2,1H3/t18-/m1/s1. The third kappa shape index (κ3) is 4.55. The Bertz CT molecular complexity index is 1030. The van der Waals surface area contributed by atoms with Gasteiger partial charge in [-0.3, -0.25) is 0 Å². The summed E-state index contributed by atoms with van der Waals surface area (Å²) in [6.07, 6.45) is 1.30. The number of methoxy groups -OCH3 is 1. The molecular weight excluding hydrogens is 421 g/mol. The number of nitrogens with zero attached hydrogens (tertiary/aromatic N) is 1. The zero-order valence-corrected chi connectivity index (χ0v) is 18.0. The van der Waals surface area contributed by atoms with Crippen molar-refractivity contribution in [2.45, 2.75) is 25.6 Å². The highest BCUT2D eigenvalue weighted by atomic mass is 35.5. The van der Waals surface area contributed by atoms with Gasteiger partial charge in [0.1, 0.15) is 12.7 Å². The van der Waals surface area contributed by atoms with Gasteiger partial charge in [-0.05, 0) is 23.8 Å². The Morgan fingerprint density at radius 3 is 2.43 bits per heavy atom. The Morgan fingerprint density at radius 2 is 1.70 bits per heavy atom. The lowest BCUT2D eigenvalue weighted by molar-refractivity contribution is 0.0851. The highest BCUT2D eigenvalue weighted by molar-refractivity contribution is 6.35. The second-order valence-corrected chi connectivity index (χ2v) is 7.79. The average molecular weight is 442 g/mol. The Kier molecular flexibility index (Phi) is 6.46. The van der Waals surface area contributed by atoms with Crippen molar-refractivity contribution in [3.05, 3.63) is 93.5 Å². The van der Waals surface area contributed by atoms with Crippen molar-refractivity contribution in [2.24, 2.45) is 5.16 Å². The number of rotatable bonds is 7. The van der Waals surface area contributed by atoms with E-state index in [2.05, 4.69) is 5.16 Å². The largest absolute Gasteiger partial charge is 0.493 e. The van der Waals surface area contributed by atoms with E-state index in [-0.39, 0.29) is 12.7 Å². The predicted octanol–water partition coefficient (Wildman–Crippen LogP) is 6.32. The van der Waals surface area contributed by atoms with Gasteiger partial charge in [0, 0.05) is 34.0 Å².